The lowest BCUT2D eigenvalue weighted by molar-refractivity contribution is 0.411. The Bertz CT molecular complexity index is 428. The summed E-state index contributed by atoms with van der Waals surface area (Å²) in [5, 5.41) is 3.13. The number of methoxy groups -OCH3 is 1. The van der Waals surface area contributed by atoms with Gasteiger partial charge in [-0.2, -0.15) is 0 Å². The molecule has 1 aromatic heterocycles. The van der Waals surface area contributed by atoms with E-state index in [1.165, 1.54) is 5.56 Å². The molecule has 0 spiro atoms. The molecule has 0 aliphatic heterocycles. The highest BCUT2D eigenvalue weighted by molar-refractivity contribution is 5.29. The van der Waals surface area contributed by atoms with Gasteiger partial charge in [-0.15, -0.1) is 0 Å². The van der Waals surface area contributed by atoms with Gasteiger partial charge in [0, 0.05) is 6.54 Å². The topological polar surface area (TPSA) is 47.0 Å². The summed E-state index contributed by atoms with van der Waals surface area (Å²) in [6, 6.07) is 10.1. The Morgan fingerprint density at radius 1 is 1.12 bits per heavy atom. The summed E-state index contributed by atoms with van der Waals surface area (Å²) < 4.78 is 4.98. The van der Waals surface area contributed by atoms with Crippen LogP contribution in [0.4, 0.5) is 5.95 Å². The van der Waals surface area contributed by atoms with E-state index in [4.69, 9.17) is 4.74 Å². The monoisotopic (exact) mass is 215 g/mol. The van der Waals surface area contributed by atoms with Crippen LogP contribution in [-0.2, 0) is 6.54 Å². The maximum absolute atomic E-state index is 4.98. The van der Waals surface area contributed by atoms with Crippen LogP contribution >= 0.6 is 0 Å². The predicted molar refractivity (Wildman–Crippen MR) is 62.4 cm³/mol. The summed E-state index contributed by atoms with van der Waals surface area (Å²) in [6.07, 6.45) is 3.28. The number of hydrogen-bond acceptors (Lipinski definition) is 4. The van der Waals surface area contributed by atoms with E-state index in [1.54, 1.807) is 19.5 Å². The minimum atomic E-state index is 0.602. The van der Waals surface area contributed by atoms with Crippen LogP contribution in [0.2, 0.25) is 0 Å². The van der Waals surface area contributed by atoms with E-state index < -0.39 is 0 Å². The summed E-state index contributed by atoms with van der Waals surface area (Å²) in [4.78, 5) is 8.23. The zero-order valence-electron chi connectivity index (χ0n) is 9.05. The third kappa shape index (κ3) is 2.70. The van der Waals surface area contributed by atoms with Crippen LogP contribution in [0.5, 0.6) is 5.75 Å². The molecule has 0 atom stereocenters. The van der Waals surface area contributed by atoms with Crippen molar-refractivity contribution in [3.8, 4) is 5.75 Å². The van der Waals surface area contributed by atoms with Crippen LogP contribution in [-0.4, -0.2) is 17.1 Å². The molecule has 0 saturated heterocycles. The molecule has 2 aromatic rings. The van der Waals surface area contributed by atoms with Crippen molar-refractivity contribution < 1.29 is 4.74 Å². The fraction of sp³-hybridized carbons (Fsp3) is 0.167. The van der Waals surface area contributed by atoms with Gasteiger partial charge in [0.25, 0.3) is 0 Å². The summed E-state index contributed by atoms with van der Waals surface area (Å²) in [6.45, 7) is 0.715. The standard InChI is InChI=1S/C12H13N3O/c1-16-11-8-14-12(15-9-11)13-7-10-5-3-2-4-6-10/h2-6,8-9H,7H2,1H3,(H,13,14,15). The zero-order chi connectivity index (χ0) is 11.2. The molecule has 0 fully saturated rings. The van der Waals surface area contributed by atoms with Crippen LogP contribution in [0.25, 0.3) is 0 Å². The van der Waals surface area contributed by atoms with Gasteiger partial charge >= 0.3 is 0 Å². The maximum atomic E-state index is 4.98. The number of hydrogen-bond donors (Lipinski definition) is 1. The van der Waals surface area contributed by atoms with Crippen molar-refractivity contribution in [3.63, 3.8) is 0 Å². The van der Waals surface area contributed by atoms with Crippen molar-refractivity contribution in [2.24, 2.45) is 0 Å². The zero-order valence-corrected chi connectivity index (χ0v) is 9.05. The minimum absolute atomic E-state index is 0.602. The molecular weight excluding hydrogens is 202 g/mol. The Kier molecular flexibility index (Phi) is 3.33. The van der Waals surface area contributed by atoms with Crippen LogP contribution in [0.1, 0.15) is 5.56 Å². The third-order valence-electron chi connectivity index (χ3n) is 2.16. The fourth-order valence-corrected chi connectivity index (χ4v) is 1.29. The molecule has 0 saturated carbocycles. The molecule has 0 amide bonds. The Morgan fingerprint density at radius 2 is 1.81 bits per heavy atom. The van der Waals surface area contributed by atoms with E-state index in [0.717, 1.165) is 0 Å². The molecule has 0 radical (unpaired) electrons. The molecule has 2 rings (SSSR count). The molecule has 82 valence electrons. The van der Waals surface area contributed by atoms with Gasteiger partial charge < -0.3 is 10.1 Å². The lowest BCUT2D eigenvalue weighted by atomic mass is 10.2. The van der Waals surface area contributed by atoms with Gasteiger partial charge in [0.1, 0.15) is 0 Å². The van der Waals surface area contributed by atoms with Crippen LogP contribution in [0, 0.1) is 0 Å². The summed E-state index contributed by atoms with van der Waals surface area (Å²) in [5.74, 6) is 1.26. The number of benzene rings is 1. The van der Waals surface area contributed by atoms with Gasteiger partial charge in [-0.25, -0.2) is 9.97 Å². The predicted octanol–water partition coefficient (Wildman–Crippen LogP) is 2.10. The Hall–Kier alpha value is -2.10. The first-order chi connectivity index (χ1) is 7.88. The molecule has 0 aliphatic rings. The van der Waals surface area contributed by atoms with Gasteiger partial charge in [0.05, 0.1) is 19.5 Å². The van der Waals surface area contributed by atoms with Crippen molar-refractivity contribution in [2.75, 3.05) is 12.4 Å². The summed E-state index contributed by atoms with van der Waals surface area (Å²) in [7, 11) is 1.59. The number of nitrogens with zero attached hydrogens (tertiary/aromatic N) is 2. The van der Waals surface area contributed by atoms with Crippen molar-refractivity contribution in [1.82, 2.24) is 9.97 Å². The van der Waals surface area contributed by atoms with Crippen molar-refractivity contribution >= 4 is 5.95 Å². The van der Waals surface area contributed by atoms with Crippen LogP contribution in [0.15, 0.2) is 42.7 Å². The number of anilines is 1. The number of ether oxygens (including phenoxy) is 1. The third-order valence-corrected chi connectivity index (χ3v) is 2.16. The second-order valence-corrected chi connectivity index (χ2v) is 3.29. The summed E-state index contributed by atoms with van der Waals surface area (Å²) >= 11 is 0. The van der Waals surface area contributed by atoms with Gasteiger partial charge in [-0.05, 0) is 5.56 Å². The van der Waals surface area contributed by atoms with E-state index in [9.17, 15) is 0 Å². The van der Waals surface area contributed by atoms with Gasteiger partial charge in [-0.3, -0.25) is 0 Å². The molecule has 16 heavy (non-hydrogen) atoms. The number of aromatic nitrogens is 2. The maximum Gasteiger partial charge on any atom is 0.223 e. The number of rotatable bonds is 4. The van der Waals surface area contributed by atoms with E-state index in [-0.39, 0.29) is 0 Å². The van der Waals surface area contributed by atoms with Gasteiger partial charge in [-0.1, -0.05) is 30.3 Å². The normalized spacial score (nSPS) is 9.81. The minimum Gasteiger partial charge on any atom is -0.494 e. The number of nitrogens with one attached hydrogen (secondary N) is 1. The van der Waals surface area contributed by atoms with Gasteiger partial charge in [0.15, 0.2) is 5.75 Å². The Balaban J connectivity index is 1.94. The van der Waals surface area contributed by atoms with E-state index in [0.29, 0.717) is 18.2 Å². The summed E-state index contributed by atoms with van der Waals surface area (Å²) in [5.41, 5.74) is 1.20. The van der Waals surface area contributed by atoms with Crippen LogP contribution < -0.4 is 10.1 Å². The molecule has 1 N–H and O–H groups in total. The van der Waals surface area contributed by atoms with Gasteiger partial charge in [0.2, 0.25) is 5.95 Å². The molecular formula is C12H13N3O. The Morgan fingerprint density at radius 3 is 2.44 bits per heavy atom. The molecule has 4 nitrogen and oxygen atoms in total. The molecule has 1 heterocycles. The molecule has 1 aromatic carbocycles. The van der Waals surface area contributed by atoms with Crippen molar-refractivity contribution in [3.05, 3.63) is 48.3 Å². The van der Waals surface area contributed by atoms with Crippen molar-refractivity contribution in [1.29, 1.82) is 0 Å². The lowest BCUT2D eigenvalue weighted by Crippen LogP contribution is -2.03. The Labute approximate surface area is 94.3 Å². The second-order valence-electron chi connectivity index (χ2n) is 3.29. The lowest BCUT2D eigenvalue weighted by Gasteiger charge is -2.04. The fourth-order valence-electron chi connectivity index (χ4n) is 1.29. The largest absolute Gasteiger partial charge is 0.494 e. The first kappa shape index (κ1) is 10.4. The highest BCUT2D eigenvalue weighted by Gasteiger charge is 1.96. The van der Waals surface area contributed by atoms with Crippen LogP contribution in [0.3, 0.4) is 0 Å². The highest BCUT2D eigenvalue weighted by Crippen LogP contribution is 2.08. The molecule has 0 unspecified atom stereocenters. The molecule has 0 aliphatic carbocycles. The van der Waals surface area contributed by atoms with E-state index >= 15 is 0 Å². The van der Waals surface area contributed by atoms with E-state index in [1.807, 2.05) is 18.2 Å². The first-order valence-electron chi connectivity index (χ1n) is 5.02. The average Bonchev–Trinajstić information content (AvgIpc) is 2.38. The molecule has 0 bridgehead atoms. The SMILES string of the molecule is COc1cnc(NCc2ccccc2)nc1. The molecule has 4 heteroatoms. The quantitative estimate of drug-likeness (QED) is 0.848. The first-order valence-corrected chi connectivity index (χ1v) is 5.02. The highest BCUT2D eigenvalue weighted by atomic mass is 16.5. The smallest absolute Gasteiger partial charge is 0.223 e. The second kappa shape index (κ2) is 5.11. The average molecular weight is 215 g/mol. The van der Waals surface area contributed by atoms with Crippen molar-refractivity contribution in [2.45, 2.75) is 6.54 Å². The van der Waals surface area contributed by atoms with E-state index in [2.05, 4.69) is 27.4 Å².